The van der Waals surface area contributed by atoms with Gasteiger partial charge in [-0.05, 0) is 37.5 Å². The molecule has 7 atom stereocenters. The van der Waals surface area contributed by atoms with Crippen LogP contribution in [-0.4, -0.2) is 44.6 Å². The zero-order chi connectivity index (χ0) is 17.5. The second-order valence-corrected chi connectivity index (χ2v) is 7.53. The molecular formula is C19H34F2O3. The molecule has 2 aliphatic rings. The number of rotatable bonds is 9. The van der Waals surface area contributed by atoms with E-state index in [-0.39, 0.29) is 5.92 Å². The van der Waals surface area contributed by atoms with Crippen LogP contribution in [-0.2, 0) is 14.2 Å². The summed E-state index contributed by atoms with van der Waals surface area (Å²) in [4.78, 5) is 0. The van der Waals surface area contributed by atoms with Crippen molar-refractivity contribution in [3.05, 3.63) is 0 Å². The van der Waals surface area contributed by atoms with Crippen molar-refractivity contribution in [2.24, 2.45) is 11.8 Å². The van der Waals surface area contributed by atoms with Crippen LogP contribution in [0.4, 0.5) is 8.78 Å². The van der Waals surface area contributed by atoms with Crippen molar-refractivity contribution in [3.63, 3.8) is 0 Å². The Morgan fingerprint density at radius 2 is 1.92 bits per heavy atom. The minimum absolute atomic E-state index is 0.0352. The summed E-state index contributed by atoms with van der Waals surface area (Å²) in [6.07, 6.45) is 2.84. The Labute approximate surface area is 145 Å². The van der Waals surface area contributed by atoms with E-state index >= 15 is 0 Å². The first-order chi connectivity index (χ1) is 11.6. The predicted molar refractivity (Wildman–Crippen MR) is 90.5 cm³/mol. The fourth-order valence-electron chi connectivity index (χ4n) is 4.07. The topological polar surface area (TPSA) is 27.7 Å². The Morgan fingerprint density at radius 1 is 1.12 bits per heavy atom. The SMILES string of the molecule is CCCC(C)CCCCOC1CC2CCC(OC)OC2C(F)C1F. The zero-order valence-corrected chi connectivity index (χ0v) is 15.4. The number of methoxy groups -OCH3 is 1. The number of unbranched alkanes of at least 4 members (excludes halogenated alkanes) is 1. The summed E-state index contributed by atoms with van der Waals surface area (Å²) in [5.74, 6) is 0.774. The van der Waals surface area contributed by atoms with Gasteiger partial charge in [-0.25, -0.2) is 8.78 Å². The van der Waals surface area contributed by atoms with E-state index in [2.05, 4.69) is 13.8 Å². The minimum Gasteiger partial charge on any atom is -0.375 e. The van der Waals surface area contributed by atoms with Gasteiger partial charge >= 0.3 is 0 Å². The summed E-state index contributed by atoms with van der Waals surface area (Å²) >= 11 is 0. The molecule has 3 nitrogen and oxygen atoms in total. The first-order valence-electron chi connectivity index (χ1n) is 9.64. The summed E-state index contributed by atoms with van der Waals surface area (Å²) in [5, 5.41) is 0. The summed E-state index contributed by atoms with van der Waals surface area (Å²) in [7, 11) is 1.54. The lowest BCUT2D eigenvalue weighted by atomic mass is 9.78. The third-order valence-electron chi connectivity index (χ3n) is 5.52. The largest absolute Gasteiger partial charge is 0.375 e. The van der Waals surface area contributed by atoms with E-state index in [4.69, 9.17) is 14.2 Å². The summed E-state index contributed by atoms with van der Waals surface area (Å²) < 4.78 is 45.2. The summed E-state index contributed by atoms with van der Waals surface area (Å²) in [6, 6.07) is 0. The highest BCUT2D eigenvalue weighted by Crippen LogP contribution is 2.40. The monoisotopic (exact) mass is 348 g/mol. The summed E-state index contributed by atoms with van der Waals surface area (Å²) in [5.41, 5.74) is 0. The maximum Gasteiger partial charge on any atom is 0.160 e. The molecule has 0 N–H and O–H groups in total. The lowest BCUT2D eigenvalue weighted by molar-refractivity contribution is -0.242. The molecule has 1 saturated heterocycles. The quantitative estimate of drug-likeness (QED) is 0.559. The van der Waals surface area contributed by atoms with Gasteiger partial charge in [-0.2, -0.15) is 0 Å². The van der Waals surface area contributed by atoms with Crippen LogP contribution < -0.4 is 0 Å². The van der Waals surface area contributed by atoms with Crippen LogP contribution in [0.1, 0.15) is 65.2 Å². The number of ether oxygens (including phenoxy) is 3. The van der Waals surface area contributed by atoms with Gasteiger partial charge in [0.25, 0.3) is 0 Å². The lowest BCUT2D eigenvalue weighted by Crippen LogP contribution is -2.54. The van der Waals surface area contributed by atoms with Crippen molar-refractivity contribution in [2.75, 3.05) is 13.7 Å². The molecule has 0 radical (unpaired) electrons. The van der Waals surface area contributed by atoms with Crippen molar-refractivity contribution in [2.45, 2.75) is 96.1 Å². The molecule has 0 aromatic carbocycles. The first kappa shape index (κ1) is 20.1. The smallest absolute Gasteiger partial charge is 0.160 e. The average Bonchev–Trinajstić information content (AvgIpc) is 2.58. The van der Waals surface area contributed by atoms with Gasteiger partial charge in [0.15, 0.2) is 18.6 Å². The van der Waals surface area contributed by atoms with Gasteiger partial charge in [-0.3, -0.25) is 0 Å². The Morgan fingerprint density at radius 3 is 2.62 bits per heavy atom. The average molecular weight is 348 g/mol. The number of hydrogen-bond acceptors (Lipinski definition) is 3. The first-order valence-corrected chi connectivity index (χ1v) is 9.64. The van der Waals surface area contributed by atoms with Crippen molar-refractivity contribution in [3.8, 4) is 0 Å². The second-order valence-electron chi connectivity index (χ2n) is 7.53. The molecule has 24 heavy (non-hydrogen) atoms. The third kappa shape index (κ3) is 5.37. The van der Waals surface area contributed by atoms with Gasteiger partial charge < -0.3 is 14.2 Å². The number of alkyl halides is 2. The molecule has 2 rings (SSSR count). The third-order valence-corrected chi connectivity index (χ3v) is 5.52. The minimum atomic E-state index is -1.61. The van der Waals surface area contributed by atoms with Crippen molar-refractivity contribution < 1.29 is 23.0 Å². The molecule has 5 heteroatoms. The zero-order valence-electron chi connectivity index (χ0n) is 15.4. The van der Waals surface area contributed by atoms with E-state index in [9.17, 15) is 8.78 Å². The van der Waals surface area contributed by atoms with E-state index in [1.54, 1.807) is 7.11 Å². The van der Waals surface area contributed by atoms with E-state index < -0.39 is 30.8 Å². The fraction of sp³-hybridized carbons (Fsp3) is 1.00. The number of halogens is 2. The molecular weight excluding hydrogens is 314 g/mol. The van der Waals surface area contributed by atoms with Crippen LogP contribution in [0.15, 0.2) is 0 Å². The van der Waals surface area contributed by atoms with Gasteiger partial charge in [0.05, 0.1) is 12.2 Å². The second kappa shape index (κ2) is 10.0. The van der Waals surface area contributed by atoms with Crippen LogP contribution in [0.25, 0.3) is 0 Å². The van der Waals surface area contributed by atoms with Crippen LogP contribution in [0.5, 0.6) is 0 Å². The Hall–Kier alpha value is -0.260. The molecule has 0 amide bonds. The Bertz CT molecular complexity index is 354. The maximum absolute atomic E-state index is 14.4. The highest BCUT2D eigenvalue weighted by molar-refractivity contribution is 4.96. The molecule has 0 bridgehead atoms. The molecule has 142 valence electrons. The predicted octanol–water partition coefficient (Wildman–Crippen LogP) is 4.83. The van der Waals surface area contributed by atoms with E-state index in [1.807, 2.05) is 0 Å². The molecule has 0 aromatic heterocycles. The van der Waals surface area contributed by atoms with Crippen molar-refractivity contribution >= 4 is 0 Å². The molecule has 2 fully saturated rings. The van der Waals surface area contributed by atoms with Gasteiger partial charge in [-0.1, -0.05) is 39.5 Å². The summed E-state index contributed by atoms with van der Waals surface area (Å²) in [6.45, 7) is 5.00. The van der Waals surface area contributed by atoms with E-state index in [0.717, 1.165) is 31.6 Å². The van der Waals surface area contributed by atoms with Crippen molar-refractivity contribution in [1.82, 2.24) is 0 Å². The molecule has 1 aliphatic carbocycles. The maximum atomic E-state index is 14.4. The van der Waals surface area contributed by atoms with Crippen LogP contribution in [0.3, 0.4) is 0 Å². The van der Waals surface area contributed by atoms with Crippen LogP contribution in [0, 0.1) is 11.8 Å². The molecule has 1 saturated carbocycles. The van der Waals surface area contributed by atoms with Gasteiger partial charge in [0, 0.05) is 13.7 Å². The molecule has 0 aromatic rings. The molecule has 1 aliphatic heterocycles. The fourth-order valence-corrected chi connectivity index (χ4v) is 4.07. The Kier molecular flexibility index (Phi) is 8.38. The Balaban J connectivity index is 1.71. The standard InChI is InChI=1S/C19H34F2O3/c1-4-7-13(2)8-5-6-11-23-15-12-14-9-10-16(22-3)24-19(14)18(21)17(15)20/h13-19H,4-12H2,1-3H3. The molecule has 0 spiro atoms. The van der Waals surface area contributed by atoms with Gasteiger partial charge in [0.1, 0.15) is 0 Å². The van der Waals surface area contributed by atoms with Crippen molar-refractivity contribution in [1.29, 1.82) is 0 Å². The molecule has 7 unspecified atom stereocenters. The normalized spacial score (nSPS) is 37.9. The lowest BCUT2D eigenvalue weighted by Gasteiger charge is -2.44. The highest BCUT2D eigenvalue weighted by atomic mass is 19.2. The van der Waals surface area contributed by atoms with Crippen LogP contribution in [0.2, 0.25) is 0 Å². The van der Waals surface area contributed by atoms with Gasteiger partial charge in [-0.15, -0.1) is 0 Å². The van der Waals surface area contributed by atoms with E-state index in [1.165, 1.54) is 19.3 Å². The molecule has 1 heterocycles. The van der Waals surface area contributed by atoms with Gasteiger partial charge in [0.2, 0.25) is 0 Å². The number of hydrogen-bond donors (Lipinski definition) is 0. The van der Waals surface area contributed by atoms with E-state index in [0.29, 0.717) is 13.0 Å². The number of fused-ring (bicyclic) bond motifs is 1. The highest BCUT2D eigenvalue weighted by Gasteiger charge is 2.49. The van der Waals surface area contributed by atoms with Crippen LogP contribution >= 0.6 is 0 Å².